The number of aromatic nitrogens is 1. The Morgan fingerprint density at radius 2 is 2.00 bits per heavy atom. The molecule has 5 heteroatoms. The van der Waals surface area contributed by atoms with Gasteiger partial charge < -0.3 is 4.52 Å². The molecule has 0 radical (unpaired) electrons. The summed E-state index contributed by atoms with van der Waals surface area (Å²) in [6.07, 6.45) is 0. The van der Waals surface area contributed by atoms with Crippen LogP contribution in [0.2, 0.25) is 0 Å². The first-order chi connectivity index (χ1) is 7.20. The first kappa shape index (κ1) is 9.34. The maximum Gasteiger partial charge on any atom is 0.184 e. The molecule has 0 spiro atoms. The van der Waals surface area contributed by atoms with E-state index in [2.05, 4.69) is 5.16 Å². The zero-order chi connectivity index (χ0) is 10.8. The number of nitrogens with zero attached hydrogens (tertiary/aromatic N) is 2. The molecule has 0 aliphatic rings. The van der Waals surface area contributed by atoms with Crippen LogP contribution in [0.1, 0.15) is 5.69 Å². The molecule has 1 aromatic heterocycles. The van der Waals surface area contributed by atoms with Crippen molar-refractivity contribution < 1.29 is 13.3 Å². The maximum atomic E-state index is 12.9. The number of nitriles is 1. The van der Waals surface area contributed by atoms with Crippen molar-refractivity contribution in [1.82, 2.24) is 5.16 Å². The third-order valence-electron chi connectivity index (χ3n) is 1.83. The average molecular weight is 206 g/mol. The number of benzene rings is 1. The molecule has 0 saturated heterocycles. The van der Waals surface area contributed by atoms with Gasteiger partial charge in [0.15, 0.2) is 23.1 Å². The molecule has 0 saturated carbocycles. The SMILES string of the molecule is N#Cc1cc(-c2ccc(F)c(F)c2)on1. The van der Waals surface area contributed by atoms with Crippen molar-refractivity contribution in [2.45, 2.75) is 0 Å². The Hall–Kier alpha value is -2.22. The molecule has 0 aliphatic carbocycles. The second-order valence-corrected chi connectivity index (χ2v) is 2.82. The van der Waals surface area contributed by atoms with Gasteiger partial charge in [-0.2, -0.15) is 5.26 Å². The molecule has 0 bridgehead atoms. The van der Waals surface area contributed by atoms with Crippen molar-refractivity contribution in [1.29, 1.82) is 5.26 Å². The van der Waals surface area contributed by atoms with Gasteiger partial charge in [0.2, 0.25) is 0 Å². The van der Waals surface area contributed by atoms with Crippen LogP contribution in [0.25, 0.3) is 11.3 Å². The minimum Gasteiger partial charge on any atom is -0.355 e. The van der Waals surface area contributed by atoms with Crippen LogP contribution in [0.5, 0.6) is 0 Å². The fourth-order valence-electron chi connectivity index (χ4n) is 1.11. The molecular formula is C10H4F2N2O. The Morgan fingerprint density at radius 3 is 2.60 bits per heavy atom. The van der Waals surface area contributed by atoms with E-state index in [0.717, 1.165) is 12.1 Å². The standard InChI is InChI=1S/C10H4F2N2O/c11-8-2-1-6(3-9(8)12)10-4-7(5-13)14-15-10/h1-4H. The summed E-state index contributed by atoms with van der Waals surface area (Å²) >= 11 is 0. The van der Waals surface area contributed by atoms with Crippen LogP contribution >= 0.6 is 0 Å². The average Bonchev–Trinajstić information content (AvgIpc) is 2.70. The maximum absolute atomic E-state index is 12.9. The fraction of sp³-hybridized carbons (Fsp3) is 0. The molecular weight excluding hydrogens is 202 g/mol. The first-order valence-electron chi connectivity index (χ1n) is 4.03. The lowest BCUT2D eigenvalue weighted by Gasteiger charge is -1.95. The van der Waals surface area contributed by atoms with Crippen molar-refractivity contribution in [3.63, 3.8) is 0 Å². The van der Waals surface area contributed by atoms with Crippen molar-refractivity contribution in [3.8, 4) is 17.4 Å². The number of rotatable bonds is 1. The topological polar surface area (TPSA) is 49.8 Å². The molecule has 0 amide bonds. The van der Waals surface area contributed by atoms with E-state index in [0.29, 0.717) is 5.56 Å². The van der Waals surface area contributed by atoms with E-state index in [1.165, 1.54) is 12.1 Å². The summed E-state index contributed by atoms with van der Waals surface area (Å²) in [6, 6.07) is 6.44. The summed E-state index contributed by atoms with van der Waals surface area (Å²) in [4.78, 5) is 0. The van der Waals surface area contributed by atoms with Crippen LogP contribution < -0.4 is 0 Å². The summed E-state index contributed by atoms with van der Waals surface area (Å²) in [5.41, 5.74) is 0.428. The highest BCUT2D eigenvalue weighted by atomic mass is 19.2. The Bertz CT molecular complexity index is 543. The van der Waals surface area contributed by atoms with Crippen LogP contribution in [0.4, 0.5) is 8.78 Å². The first-order valence-corrected chi connectivity index (χ1v) is 4.03. The van der Waals surface area contributed by atoms with E-state index in [1.54, 1.807) is 6.07 Å². The van der Waals surface area contributed by atoms with Crippen LogP contribution in [0.15, 0.2) is 28.8 Å². The van der Waals surface area contributed by atoms with Gasteiger partial charge in [-0.05, 0) is 18.2 Å². The highest BCUT2D eigenvalue weighted by Gasteiger charge is 2.09. The molecule has 0 aliphatic heterocycles. The summed E-state index contributed by atoms with van der Waals surface area (Å²) in [5, 5.41) is 11.9. The smallest absolute Gasteiger partial charge is 0.184 e. The molecule has 15 heavy (non-hydrogen) atoms. The Balaban J connectivity index is 2.46. The molecule has 3 nitrogen and oxygen atoms in total. The molecule has 0 atom stereocenters. The van der Waals surface area contributed by atoms with Crippen molar-refractivity contribution in [2.24, 2.45) is 0 Å². The predicted molar refractivity (Wildman–Crippen MR) is 46.6 cm³/mol. The van der Waals surface area contributed by atoms with E-state index in [4.69, 9.17) is 9.78 Å². The van der Waals surface area contributed by atoms with Gasteiger partial charge in [0.1, 0.15) is 6.07 Å². The van der Waals surface area contributed by atoms with Crippen molar-refractivity contribution in [3.05, 3.63) is 41.6 Å². The zero-order valence-corrected chi connectivity index (χ0v) is 7.37. The van der Waals surface area contributed by atoms with Gasteiger partial charge in [-0.1, -0.05) is 5.16 Å². The van der Waals surface area contributed by atoms with E-state index >= 15 is 0 Å². The Kier molecular flexibility index (Phi) is 2.18. The Morgan fingerprint density at radius 1 is 1.20 bits per heavy atom. The zero-order valence-electron chi connectivity index (χ0n) is 7.37. The van der Waals surface area contributed by atoms with Crippen LogP contribution in [0, 0.1) is 23.0 Å². The van der Waals surface area contributed by atoms with Gasteiger partial charge in [-0.25, -0.2) is 8.78 Å². The van der Waals surface area contributed by atoms with Crippen LogP contribution in [0.3, 0.4) is 0 Å². The molecule has 74 valence electrons. The van der Waals surface area contributed by atoms with Crippen LogP contribution in [-0.2, 0) is 0 Å². The van der Waals surface area contributed by atoms with Gasteiger partial charge in [0.05, 0.1) is 0 Å². The summed E-state index contributed by atoms with van der Waals surface area (Å²) < 4.78 is 30.2. The van der Waals surface area contributed by atoms with Crippen molar-refractivity contribution >= 4 is 0 Å². The molecule has 0 N–H and O–H groups in total. The number of halogens is 2. The van der Waals surface area contributed by atoms with Gasteiger partial charge in [0.25, 0.3) is 0 Å². The summed E-state index contributed by atoms with van der Waals surface area (Å²) in [7, 11) is 0. The number of hydrogen-bond donors (Lipinski definition) is 0. The van der Waals surface area contributed by atoms with Crippen molar-refractivity contribution in [2.75, 3.05) is 0 Å². The quantitative estimate of drug-likeness (QED) is 0.720. The highest BCUT2D eigenvalue weighted by Crippen LogP contribution is 2.21. The molecule has 1 aromatic carbocycles. The second kappa shape index (κ2) is 3.50. The molecule has 2 rings (SSSR count). The van der Waals surface area contributed by atoms with E-state index < -0.39 is 11.6 Å². The monoisotopic (exact) mass is 206 g/mol. The fourth-order valence-corrected chi connectivity index (χ4v) is 1.11. The van der Waals surface area contributed by atoms with Crippen LogP contribution in [-0.4, -0.2) is 5.16 Å². The third-order valence-corrected chi connectivity index (χ3v) is 1.83. The van der Waals surface area contributed by atoms with E-state index in [9.17, 15) is 8.78 Å². The molecule has 2 aromatic rings. The van der Waals surface area contributed by atoms with Gasteiger partial charge in [0, 0.05) is 11.6 Å². The summed E-state index contributed by atoms with van der Waals surface area (Å²) in [5.74, 6) is -1.67. The molecule has 0 fully saturated rings. The molecule has 1 heterocycles. The van der Waals surface area contributed by atoms with Gasteiger partial charge in [-0.15, -0.1) is 0 Å². The highest BCUT2D eigenvalue weighted by molar-refractivity contribution is 5.58. The lowest BCUT2D eigenvalue weighted by Crippen LogP contribution is -1.83. The van der Waals surface area contributed by atoms with E-state index in [-0.39, 0.29) is 11.5 Å². The minimum atomic E-state index is -0.970. The third kappa shape index (κ3) is 1.70. The van der Waals surface area contributed by atoms with Gasteiger partial charge in [-0.3, -0.25) is 0 Å². The largest absolute Gasteiger partial charge is 0.355 e. The minimum absolute atomic E-state index is 0.0923. The molecule has 0 unspecified atom stereocenters. The number of hydrogen-bond acceptors (Lipinski definition) is 3. The summed E-state index contributed by atoms with van der Waals surface area (Å²) in [6.45, 7) is 0. The lowest BCUT2D eigenvalue weighted by molar-refractivity contribution is 0.429. The van der Waals surface area contributed by atoms with E-state index in [1.807, 2.05) is 0 Å². The Labute approximate surface area is 83.5 Å². The lowest BCUT2D eigenvalue weighted by atomic mass is 10.1. The normalized spacial score (nSPS) is 9.93. The predicted octanol–water partition coefficient (Wildman–Crippen LogP) is 2.49. The van der Waals surface area contributed by atoms with Gasteiger partial charge >= 0.3 is 0 Å². The second-order valence-electron chi connectivity index (χ2n) is 2.82.